The second-order valence-corrected chi connectivity index (χ2v) is 4.28. The minimum Gasteiger partial charge on any atom is -0.443 e. The van der Waals surface area contributed by atoms with Gasteiger partial charge in [0.2, 0.25) is 0 Å². The van der Waals surface area contributed by atoms with Gasteiger partial charge in [0, 0.05) is 11.1 Å². The lowest BCUT2D eigenvalue weighted by Crippen LogP contribution is -2.16. The van der Waals surface area contributed by atoms with Crippen LogP contribution in [-0.4, -0.2) is 18.2 Å². The van der Waals surface area contributed by atoms with Crippen molar-refractivity contribution in [2.45, 2.75) is 6.61 Å². The normalized spacial score (nSPS) is 11.0. The van der Waals surface area contributed by atoms with E-state index in [1.807, 2.05) is 30.3 Å². The molecule has 106 valence electrons. The van der Waals surface area contributed by atoms with Crippen LogP contribution in [0.5, 0.6) is 0 Å². The largest absolute Gasteiger partial charge is 0.443 e. The predicted octanol–water partition coefficient (Wildman–Crippen LogP) is 2.54. The summed E-state index contributed by atoms with van der Waals surface area (Å²) in [6.07, 6.45) is -0.0265. The number of nitrogens with two attached hydrogens (primary N) is 1. The van der Waals surface area contributed by atoms with Gasteiger partial charge in [-0.25, -0.2) is 4.79 Å². The zero-order valence-corrected chi connectivity index (χ0v) is 11.2. The third-order valence-electron chi connectivity index (χ3n) is 2.76. The van der Waals surface area contributed by atoms with Gasteiger partial charge in [-0.15, -0.1) is 0 Å². The highest BCUT2D eigenvalue weighted by Gasteiger charge is 2.05. The summed E-state index contributed by atoms with van der Waals surface area (Å²) >= 11 is 0. The van der Waals surface area contributed by atoms with Gasteiger partial charge in [0.15, 0.2) is 0 Å². The monoisotopic (exact) mass is 282 g/mol. The van der Waals surface area contributed by atoms with Crippen molar-refractivity contribution in [2.24, 2.45) is 10.7 Å². The van der Waals surface area contributed by atoms with Crippen LogP contribution in [0.1, 0.15) is 21.5 Å². The molecule has 21 heavy (non-hydrogen) atoms. The molecule has 5 heteroatoms. The highest BCUT2D eigenvalue weighted by molar-refractivity contribution is 6.03. The fourth-order valence-corrected chi connectivity index (χ4v) is 1.65. The van der Waals surface area contributed by atoms with E-state index < -0.39 is 6.09 Å². The van der Waals surface area contributed by atoms with Gasteiger partial charge < -0.3 is 10.5 Å². The Morgan fingerprint density at radius 3 is 2.38 bits per heavy atom. The van der Waals surface area contributed by atoms with Crippen LogP contribution in [0.2, 0.25) is 0 Å². The molecule has 2 N–H and O–H groups in total. The maximum Gasteiger partial charge on any atom is 0.435 e. The summed E-state index contributed by atoms with van der Waals surface area (Å²) in [7, 11) is 0. The second kappa shape index (κ2) is 7.00. The summed E-state index contributed by atoms with van der Waals surface area (Å²) in [6, 6.07) is 15.7. The van der Waals surface area contributed by atoms with Gasteiger partial charge >= 0.3 is 6.09 Å². The van der Waals surface area contributed by atoms with Crippen molar-refractivity contribution >= 4 is 18.2 Å². The van der Waals surface area contributed by atoms with E-state index >= 15 is 0 Å². The van der Waals surface area contributed by atoms with Crippen molar-refractivity contribution in [2.75, 3.05) is 0 Å². The molecule has 0 unspecified atom stereocenters. The van der Waals surface area contributed by atoms with E-state index in [1.165, 1.54) is 0 Å². The molecular formula is C16H14N2O3. The zero-order chi connectivity index (χ0) is 15.1. The molecule has 0 saturated heterocycles. The maximum atomic E-state index is 11.6. The van der Waals surface area contributed by atoms with Crippen LogP contribution in [0.4, 0.5) is 4.79 Å². The molecule has 0 spiro atoms. The molecule has 0 aliphatic rings. The van der Waals surface area contributed by atoms with E-state index in [0.29, 0.717) is 11.1 Å². The number of rotatable bonds is 4. The summed E-state index contributed by atoms with van der Waals surface area (Å²) in [6.45, 7) is 0.139. The van der Waals surface area contributed by atoms with Crippen molar-refractivity contribution in [1.29, 1.82) is 0 Å². The first-order valence-corrected chi connectivity index (χ1v) is 6.29. The molecule has 0 bridgehead atoms. The fourth-order valence-electron chi connectivity index (χ4n) is 1.65. The summed E-state index contributed by atoms with van der Waals surface area (Å²) < 4.78 is 5.00. The minimum atomic E-state index is -0.754. The van der Waals surface area contributed by atoms with E-state index in [4.69, 9.17) is 10.5 Å². The Kier molecular flexibility index (Phi) is 4.82. The lowest BCUT2D eigenvalue weighted by atomic mass is 10.1. The quantitative estimate of drug-likeness (QED) is 0.530. The molecule has 2 rings (SSSR count). The average molecular weight is 282 g/mol. The molecule has 2 aromatic carbocycles. The number of amides is 1. The van der Waals surface area contributed by atoms with E-state index in [2.05, 4.69) is 4.99 Å². The fraction of sp³-hybridized carbons (Fsp3) is 0.0625. The van der Waals surface area contributed by atoms with E-state index in [0.717, 1.165) is 11.8 Å². The second-order valence-electron chi connectivity index (χ2n) is 4.28. The van der Waals surface area contributed by atoms with E-state index in [-0.39, 0.29) is 12.4 Å². The molecule has 0 aliphatic heterocycles. The topological polar surface area (TPSA) is 81.8 Å². The minimum absolute atomic E-state index is 0.0468. The molecule has 0 heterocycles. The number of carbonyl (C=O) groups is 2. The third kappa shape index (κ3) is 4.28. The third-order valence-corrected chi connectivity index (χ3v) is 2.76. The number of hydrogen-bond donors (Lipinski definition) is 1. The predicted molar refractivity (Wildman–Crippen MR) is 79.2 cm³/mol. The molecule has 0 aromatic heterocycles. The van der Waals surface area contributed by atoms with Gasteiger partial charge in [-0.1, -0.05) is 54.6 Å². The summed E-state index contributed by atoms with van der Waals surface area (Å²) in [5, 5.41) is 0. The number of benzene rings is 2. The molecule has 5 nitrogen and oxygen atoms in total. The van der Waals surface area contributed by atoms with Crippen LogP contribution in [0.25, 0.3) is 0 Å². The summed E-state index contributed by atoms with van der Waals surface area (Å²) in [5.74, 6) is 0.0468. The number of aldehydes is 1. The number of aliphatic imine (C=N–C) groups is 1. The molecular weight excluding hydrogens is 268 g/mol. The molecule has 2 aromatic rings. The van der Waals surface area contributed by atoms with Gasteiger partial charge in [-0.3, -0.25) is 4.79 Å². The van der Waals surface area contributed by atoms with Crippen LogP contribution in [0.3, 0.4) is 0 Å². The number of amidine groups is 1. The first kappa shape index (κ1) is 14.5. The van der Waals surface area contributed by atoms with Crippen molar-refractivity contribution in [3.63, 3.8) is 0 Å². The van der Waals surface area contributed by atoms with Gasteiger partial charge in [0.05, 0.1) is 0 Å². The van der Waals surface area contributed by atoms with Crippen LogP contribution in [0.15, 0.2) is 59.6 Å². The lowest BCUT2D eigenvalue weighted by Gasteiger charge is -2.03. The Balaban J connectivity index is 1.97. The van der Waals surface area contributed by atoms with Crippen molar-refractivity contribution in [3.05, 3.63) is 71.3 Å². The molecule has 1 amide bonds. The smallest absolute Gasteiger partial charge is 0.435 e. The Morgan fingerprint density at radius 1 is 1.10 bits per heavy atom. The number of carbonyl (C=O) groups excluding carboxylic acids is 2. The van der Waals surface area contributed by atoms with Crippen molar-refractivity contribution in [1.82, 2.24) is 0 Å². The van der Waals surface area contributed by atoms with Gasteiger partial charge in [0.1, 0.15) is 18.7 Å². The van der Waals surface area contributed by atoms with Crippen LogP contribution in [-0.2, 0) is 11.3 Å². The van der Waals surface area contributed by atoms with Crippen LogP contribution < -0.4 is 5.73 Å². The van der Waals surface area contributed by atoms with E-state index in [9.17, 15) is 9.59 Å². The molecule has 0 fully saturated rings. The maximum absolute atomic E-state index is 11.6. The standard InChI is InChI=1S/C16H14N2O3/c17-15(14-8-6-12(10-19)7-9-14)18-16(20)21-11-13-4-2-1-3-5-13/h1-10H,11H2,(H2,17,18,20). The number of ether oxygens (including phenoxy) is 1. The average Bonchev–Trinajstić information content (AvgIpc) is 2.54. The van der Waals surface area contributed by atoms with Crippen molar-refractivity contribution < 1.29 is 14.3 Å². The number of hydrogen-bond acceptors (Lipinski definition) is 3. The van der Waals surface area contributed by atoms with E-state index in [1.54, 1.807) is 24.3 Å². The Morgan fingerprint density at radius 2 is 1.76 bits per heavy atom. The highest BCUT2D eigenvalue weighted by Crippen LogP contribution is 2.04. The Labute approximate surface area is 122 Å². The van der Waals surface area contributed by atoms with Gasteiger partial charge in [0.25, 0.3) is 0 Å². The molecule has 0 saturated carbocycles. The first-order chi connectivity index (χ1) is 10.2. The van der Waals surface area contributed by atoms with Gasteiger partial charge in [-0.2, -0.15) is 4.99 Å². The summed E-state index contributed by atoms with van der Waals surface area (Å²) in [5.41, 5.74) is 7.67. The van der Waals surface area contributed by atoms with Crippen LogP contribution in [0, 0.1) is 0 Å². The Bertz CT molecular complexity index is 649. The van der Waals surface area contributed by atoms with Crippen LogP contribution >= 0.6 is 0 Å². The van der Waals surface area contributed by atoms with Gasteiger partial charge in [-0.05, 0) is 5.56 Å². The molecule has 0 radical (unpaired) electrons. The lowest BCUT2D eigenvalue weighted by molar-refractivity contribution is 0.112. The first-order valence-electron chi connectivity index (χ1n) is 6.29. The number of nitrogens with zero attached hydrogens (tertiary/aromatic N) is 1. The van der Waals surface area contributed by atoms with Crippen molar-refractivity contribution in [3.8, 4) is 0 Å². The molecule has 0 atom stereocenters. The summed E-state index contributed by atoms with van der Waals surface area (Å²) in [4.78, 5) is 25.8. The highest BCUT2D eigenvalue weighted by atomic mass is 16.5. The zero-order valence-electron chi connectivity index (χ0n) is 11.2. The SMILES string of the molecule is NC(=NC(=O)OCc1ccccc1)c1ccc(C=O)cc1. The molecule has 0 aliphatic carbocycles. The Hall–Kier alpha value is -2.95.